The zero-order valence-corrected chi connectivity index (χ0v) is 9.22. The fourth-order valence-corrected chi connectivity index (χ4v) is 1.49. The van der Waals surface area contributed by atoms with Crippen LogP contribution in [0.3, 0.4) is 0 Å². The average Bonchev–Trinajstić information content (AvgIpc) is 2.28. The molecule has 0 saturated heterocycles. The van der Waals surface area contributed by atoms with Crippen LogP contribution >= 0.6 is 0 Å². The van der Waals surface area contributed by atoms with Crippen LogP contribution < -0.4 is 5.32 Å². The first-order chi connectivity index (χ1) is 7.75. The molecule has 0 aliphatic carbocycles. The van der Waals surface area contributed by atoms with Gasteiger partial charge in [-0.15, -0.1) is 0 Å². The van der Waals surface area contributed by atoms with E-state index in [9.17, 15) is 0 Å². The van der Waals surface area contributed by atoms with Gasteiger partial charge in [0.1, 0.15) is 0 Å². The number of fused-ring (bicyclic) bond motifs is 1. The van der Waals surface area contributed by atoms with Gasteiger partial charge in [-0.05, 0) is 19.1 Å². The normalized spacial score (nSPS) is 12.9. The summed E-state index contributed by atoms with van der Waals surface area (Å²) in [5.41, 5.74) is 2.69. The van der Waals surface area contributed by atoms with Crippen molar-refractivity contribution in [3.8, 4) is 0 Å². The largest absolute Gasteiger partial charge is 0.392 e. The molecule has 2 rings (SSSR count). The standard InChI is InChI=1S/C12H15N3O/c1-9(16)6-13-7-10-8-14-11-4-2-3-5-12(11)15-10/h2-5,8-9,13,16H,6-7H2,1H3. The highest BCUT2D eigenvalue weighted by Crippen LogP contribution is 2.07. The van der Waals surface area contributed by atoms with Crippen molar-refractivity contribution >= 4 is 11.0 Å². The van der Waals surface area contributed by atoms with Crippen molar-refractivity contribution in [1.82, 2.24) is 15.3 Å². The summed E-state index contributed by atoms with van der Waals surface area (Å²) in [5.74, 6) is 0. The lowest BCUT2D eigenvalue weighted by Gasteiger charge is -2.06. The molecular formula is C12H15N3O. The second kappa shape index (κ2) is 5.01. The minimum atomic E-state index is -0.339. The van der Waals surface area contributed by atoms with Crippen molar-refractivity contribution in [1.29, 1.82) is 0 Å². The monoisotopic (exact) mass is 217 g/mol. The van der Waals surface area contributed by atoms with E-state index in [0.29, 0.717) is 13.1 Å². The molecule has 2 aromatic rings. The maximum atomic E-state index is 9.10. The molecule has 16 heavy (non-hydrogen) atoms. The summed E-state index contributed by atoms with van der Waals surface area (Å²) < 4.78 is 0. The summed E-state index contributed by atoms with van der Waals surface area (Å²) in [6.07, 6.45) is 1.42. The molecule has 1 aromatic carbocycles. The molecule has 0 bridgehead atoms. The van der Waals surface area contributed by atoms with E-state index >= 15 is 0 Å². The van der Waals surface area contributed by atoms with E-state index in [0.717, 1.165) is 16.7 Å². The Hall–Kier alpha value is -1.52. The van der Waals surface area contributed by atoms with Gasteiger partial charge in [0.25, 0.3) is 0 Å². The van der Waals surface area contributed by atoms with Crippen LogP contribution in [0.25, 0.3) is 11.0 Å². The van der Waals surface area contributed by atoms with Crippen LogP contribution in [0, 0.1) is 0 Å². The fourth-order valence-electron chi connectivity index (χ4n) is 1.49. The van der Waals surface area contributed by atoms with Crippen molar-refractivity contribution in [2.75, 3.05) is 6.54 Å². The molecule has 0 spiro atoms. The molecule has 0 aliphatic rings. The third-order valence-corrected chi connectivity index (χ3v) is 2.24. The zero-order chi connectivity index (χ0) is 11.4. The number of nitrogens with one attached hydrogen (secondary N) is 1. The molecule has 2 N–H and O–H groups in total. The lowest BCUT2D eigenvalue weighted by Crippen LogP contribution is -2.24. The average molecular weight is 217 g/mol. The Balaban J connectivity index is 2.08. The van der Waals surface area contributed by atoms with E-state index in [1.165, 1.54) is 0 Å². The highest BCUT2D eigenvalue weighted by Gasteiger charge is 1.99. The van der Waals surface area contributed by atoms with Crippen LogP contribution in [0.1, 0.15) is 12.6 Å². The topological polar surface area (TPSA) is 58.0 Å². The summed E-state index contributed by atoms with van der Waals surface area (Å²) in [6, 6.07) is 7.78. The number of aromatic nitrogens is 2. The number of nitrogens with zero attached hydrogens (tertiary/aromatic N) is 2. The first kappa shape index (κ1) is 11.0. The van der Waals surface area contributed by atoms with Gasteiger partial charge in [-0.3, -0.25) is 4.98 Å². The predicted octanol–water partition coefficient (Wildman–Crippen LogP) is 1.10. The molecule has 1 unspecified atom stereocenters. The maximum Gasteiger partial charge on any atom is 0.0890 e. The molecular weight excluding hydrogens is 202 g/mol. The van der Waals surface area contributed by atoms with Gasteiger partial charge >= 0.3 is 0 Å². The van der Waals surface area contributed by atoms with Gasteiger partial charge in [0.2, 0.25) is 0 Å². The van der Waals surface area contributed by atoms with E-state index in [1.807, 2.05) is 24.3 Å². The Bertz CT molecular complexity index is 471. The summed E-state index contributed by atoms with van der Waals surface area (Å²) in [5, 5.41) is 12.2. The second-order valence-corrected chi connectivity index (χ2v) is 3.83. The van der Waals surface area contributed by atoms with Gasteiger partial charge in [0.05, 0.1) is 29.0 Å². The van der Waals surface area contributed by atoms with Crippen LogP contribution in [0.4, 0.5) is 0 Å². The summed E-state index contributed by atoms with van der Waals surface area (Å²) >= 11 is 0. The van der Waals surface area contributed by atoms with Crippen LogP contribution in [-0.4, -0.2) is 27.7 Å². The minimum Gasteiger partial charge on any atom is -0.392 e. The maximum absolute atomic E-state index is 9.10. The molecule has 1 heterocycles. The first-order valence-corrected chi connectivity index (χ1v) is 5.35. The Morgan fingerprint density at radius 3 is 2.81 bits per heavy atom. The van der Waals surface area contributed by atoms with Gasteiger partial charge in [-0.2, -0.15) is 0 Å². The number of para-hydroxylation sites is 2. The van der Waals surface area contributed by atoms with Crippen molar-refractivity contribution in [2.45, 2.75) is 19.6 Å². The molecule has 1 aromatic heterocycles. The number of aliphatic hydroxyl groups excluding tert-OH is 1. The van der Waals surface area contributed by atoms with E-state index in [2.05, 4.69) is 15.3 Å². The Labute approximate surface area is 94.4 Å². The van der Waals surface area contributed by atoms with Crippen molar-refractivity contribution in [2.24, 2.45) is 0 Å². The summed E-state index contributed by atoms with van der Waals surface area (Å²) in [6.45, 7) is 2.94. The second-order valence-electron chi connectivity index (χ2n) is 3.83. The molecule has 0 aliphatic heterocycles. The van der Waals surface area contributed by atoms with Gasteiger partial charge < -0.3 is 10.4 Å². The Morgan fingerprint density at radius 1 is 1.31 bits per heavy atom. The van der Waals surface area contributed by atoms with Crippen LogP contribution in [0.5, 0.6) is 0 Å². The van der Waals surface area contributed by atoms with Crippen molar-refractivity contribution in [3.63, 3.8) is 0 Å². The quantitative estimate of drug-likeness (QED) is 0.805. The highest BCUT2D eigenvalue weighted by molar-refractivity contribution is 5.73. The molecule has 4 heteroatoms. The smallest absolute Gasteiger partial charge is 0.0890 e. The van der Waals surface area contributed by atoms with E-state index in [-0.39, 0.29) is 6.10 Å². The molecule has 0 amide bonds. The molecule has 84 valence electrons. The van der Waals surface area contributed by atoms with Crippen molar-refractivity contribution < 1.29 is 5.11 Å². The van der Waals surface area contributed by atoms with E-state index < -0.39 is 0 Å². The van der Waals surface area contributed by atoms with Crippen LogP contribution in [0.2, 0.25) is 0 Å². The fraction of sp³-hybridized carbons (Fsp3) is 0.333. The number of benzene rings is 1. The molecule has 1 atom stereocenters. The highest BCUT2D eigenvalue weighted by atomic mass is 16.3. The lowest BCUT2D eigenvalue weighted by molar-refractivity contribution is 0.191. The van der Waals surface area contributed by atoms with E-state index in [1.54, 1.807) is 13.1 Å². The number of hydrogen-bond donors (Lipinski definition) is 2. The van der Waals surface area contributed by atoms with Crippen molar-refractivity contribution in [3.05, 3.63) is 36.2 Å². The number of aliphatic hydroxyl groups is 1. The minimum absolute atomic E-state index is 0.339. The molecule has 0 radical (unpaired) electrons. The molecule has 0 saturated carbocycles. The van der Waals surface area contributed by atoms with Crippen LogP contribution in [-0.2, 0) is 6.54 Å². The summed E-state index contributed by atoms with van der Waals surface area (Å²) in [7, 11) is 0. The van der Waals surface area contributed by atoms with Gasteiger partial charge in [0, 0.05) is 13.1 Å². The van der Waals surface area contributed by atoms with E-state index in [4.69, 9.17) is 5.11 Å². The molecule has 0 fully saturated rings. The molecule has 4 nitrogen and oxygen atoms in total. The number of rotatable bonds is 4. The Morgan fingerprint density at radius 2 is 2.06 bits per heavy atom. The zero-order valence-electron chi connectivity index (χ0n) is 9.22. The van der Waals surface area contributed by atoms with Gasteiger partial charge in [-0.1, -0.05) is 12.1 Å². The van der Waals surface area contributed by atoms with Crippen LogP contribution in [0.15, 0.2) is 30.5 Å². The SMILES string of the molecule is CC(O)CNCc1cnc2ccccc2n1. The predicted molar refractivity (Wildman–Crippen MR) is 62.9 cm³/mol. The Kier molecular flexibility index (Phi) is 3.44. The lowest BCUT2D eigenvalue weighted by atomic mass is 10.3. The van der Waals surface area contributed by atoms with Gasteiger partial charge in [-0.25, -0.2) is 4.98 Å². The third-order valence-electron chi connectivity index (χ3n) is 2.24. The number of hydrogen-bond acceptors (Lipinski definition) is 4. The third kappa shape index (κ3) is 2.74. The summed E-state index contributed by atoms with van der Waals surface area (Å²) in [4.78, 5) is 8.78. The van der Waals surface area contributed by atoms with Gasteiger partial charge in [0.15, 0.2) is 0 Å². The first-order valence-electron chi connectivity index (χ1n) is 5.35.